The number of nitrogens with zero attached hydrogens (tertiary/aromatic N) is 6. The van der Waals surface area contributed by atoms with Crippen LogP contribution in [0.3, 0.4) is 0 Å². The van der Waals surface area contributed by atoms with Crippen molar-refractivity contribution in [1.82, 2.24) is 19.8 Å². The summed E-state index contributed by atoms with van der Waals surface area (Å²) in [5.41, 5.74) is 7.99. The van der Waals surface area contributed by atoms with Gasteiger partial charge in [0.05, 0.1) is 22.8 Å². The van der Waals surface area contributed by atoms with Crippen LogP contribution in [0.1, 0.15) is 35.4 Å². The molecule has 3 aliphatic heterocycles. The van der Waals surface area contributed by atoms with Crippen molar-refractivity contribution in [2.24, 2.45) is 0 Å². The molecule has 0 radical (unpaired) electrons. The number of fused-ring (bicyclic) bond motifs is 1. The maximum absolute atomic E-state index is 13.7. The fraction of sp³-hybridized carbons (Fsp3) is 0.375. The Morgan fingerprint density at radius 2 is 2.09 bits per heavy atom. The van der Waals surface area contributed by atoms with Crippen LogP contribution in [0.25, 0.3) is 0 Å². The van der Waals surface area contributed by atoms with Gasteiger partial charge in [0.1, 0.15) is 36.7 Å². The van der Waals surface area contributed by atoms with E-state index >= 15 is 0 Å². The molecule has 5 rings (SSSR count). The molecular formula is C24H30N8O3+2. The summed E-state index contributed by atoms with van der Waals surface area (Å²) in [6.45, 7) is 3.16. The van der Waals surface area contributed by atoms with Crippen LogP contribution < -0.4 is 11.1 Å². The Kier molecular flexibility index (Phi) is 5.73. The molecule has 4 N–H and O–H groups in total. The maximum atomic E-state index is 13.7. The number of carbonyl (C=O) groups excluding carboxylic acids is 1. The lowest BCUT2D eigenvalue weighted by Crippen LogP contribution is -2.58. The molecule has 2 unspecified atom stereocenters. The number of β-amino-alcohol motifs (C(OH)–C–C–N with tert-alkyl or cyclic N) is 1. The molecule has 0 saturated carbocycles. The van der Waals surface area contributed by atoms with E-state index in [2.05, 4.69) is 15.3 Å². The lowest BCUT2D eigenvalue weighted by molar-refractivity contribution is -1.32. The standard InChI is InChI=1S/C24H29N8O3/c1-16(28-22-20(21(25)26-15-27-22)24(34)29-11-10-19(33)14-29)30-13-18-9-6-12-32(18,2)31(35)23(30)17-7-4-3-5-8-17/h3-9,13,15-16,19,23,33H,10-12,14H2,1-2H3,(H2-,25,26,27,28,34)/q+1/p+1/t16-,19-,23?,32?/m0/s1. The Balaban J connectivity index is 1.50. The van der Waals surface area contributed by atoms with Crippen LogP contribution in [0.4, 0.5) is 11.6 Å². The number of nitrogens with two attached hydrogens (primary N) is 1. The summed E-state index contributed by atoms with van der Waals surface area (Å²) >= 11 is 0. The first-order chi connectivity index (χ1) is 16.8. The molecule has 0 bridgehead atoms. The number of likely N-dealkylation sites (tertiary alicyclic amines) is 1. The number of hydrogen-bond acceptors (Lipinski definition) is 8. The van der Waals surface area contributed by atoms with Crippen LogP contribution in [0.2, 0.25) is 0 Å². The zero-order chi connectivity index (χ0) is 24.7. The Labute approximate surface area is 203 Å². The second-order valence-electron chi connectivity index (χ2n) is 9.31. The monoisotopic (exact) mass is 478 g/mol. The minimum absolute atomic E-state index is 0.0612. The summed E-state index contributed by atoms with van der Waals surface area (Å²) in [5.74, 6) is 0.00864. The molecule has 182 valence electrons. The van der Waals surface area contributed by atoms with Gasteiger partial charge in [0.25, 0.3) is 5.91 Å². The molecular weight excluding hydrogens is 448 g/mol. The van der Waals surface area contributed by atoms with E-state index in [1.165, 1.54) is 6.33 Å². The van der Waals surface area contributed by atoms with Crippen LogP contribution in [-0.2, 0) is 0 Å². The van der Waals surface area contributed by atoms with Crippen LogP contribution in [0, 0.1) is 4.91 Å². The van der Waals surface area contributed by atoms with Crippen molar-refractivity contribution in [2.45, 2.75) is 31.8 Å². The molecule has 1 amide bonds. The SMILES string of the molecule is C[C@@H](Nc1ncnc(N)c1C(=O)N1CC[C@H](O)C1)N1C=C2C=CC[N+]2(C)[N+](=O)C1c1ccccc1. The number of carbonyl (C=O) groups is 1. The van der Waals surface area contributed by atoms with Gasteiger partial charge in [-0.05, 0) is 36.1 Å². The smallest absolute Gasteiger partial charge is 0.366 e. The normalized spacial score (nSPS) is 26.5. The van der Waals surface area contributed by atoms with Crippen molar-refractivity contribution in [3.63, 3.8) is 0 Å². The molecule has 4 atom stereocenters. The summed E-state index contributed by atoms with van der Waals surface area (Å²) in [4.78, 5) is 39.9. The number of rotatable bonds is 5. The zero-order valence-corrected chi connectivity index (χ0v) is 19.8. The Morgan fingerprint density at radius 1 is 1.31 bits per heavy atom. The first-order valence-electron chi connectivity index (χ1n) is 11.7. The number of aliphatic hydroxyl groups excluding tert-OH is 1. The lowest BCUT2D eigenvalue weighted by Gasteiger charge is -2.37. The highest BCUT2D eigenvalue weighted by Gasteiger charge is 2.56. The molecule has 0 spiro atoms. The van der Waals surface area contributed by atoms with Crippen LogP contribution in [0.5, 0.6) is 0 Å². The number of amides is 1. The van der Waals surface area contributed by atoms with Crippen molar-refractivity contribution >= 4 is 17.5 Å². The molecule has 11 nitrogen and oxygen atoms in total. The number of nitrogen functional groups attached to an aromatic ring is 1. The average Bonchev–Trinajstić information content (AvgIpc) is 3.45. The van der Waals surface area contributed by atoms with E-state index in [4.69, 9.17) is 5.73 Å². The minimum atomic E-state index is -0.612. The molecule has 35 heavy (non-hydrogen) atoms. The fourth-order valence-corrected chi connectivity index (χ4v) is 4.91. The number of quaternary nitrogens is 1. The number of nitroso groups, excluding NO2 is 1. The number of benzene rings is 1. The Hall–Kier alpha value is -3.83. The third kappa shape index (κ3) is 3.92. The predicted molar refractivity (Wildman–Crippen MR) is 129 cm³/mol. The van der Waals surface area contributed by atoms with Crippen molar-refractivity contribution in [3.05, 3.63) is 76.7 Å². The van der Waals surface area contributed by atoms with E-state index in [-0.39, 0.29) is 34.2 Å². The van der Waals surface area contributed by atoms with Crippen molar-refractivity contribution in [1.29, 1.82) is 0 Å². The number of allylic oxidation sites excluding steroid dienone is 1. The quantitative estimate of drug-likeness (QED) is 0.437. The van der Waals surface area contributed by atoms with Gasteiger partial charge < -0.3 is 21.1 Å². The number of aliphatic hydroxyl groups is 1. The van der Waals surface area contributed by atoms with Gasteiger partial charge in [-0.15, -0.1) is 0 Å². The molecule has 1 saturated heterocycles. The summed E-state index contributed by atoms with van der Waals surface area (Å²) in [5, 5.41) is 13.2. The number of anilines is 2. The van der Waals surface area contributed by atoms with E-state index in [1.54, 1.807) is 4.90 Å². The van der Waals surface area contributed by atoms with Gasteiger partial charge in [0.15, 0.2) is 6.54 Å². The highest BCUT2D eigenvalue weighted by atomic mass is 16.4. The highest BCUT2D eigenvalue weighted by Crippen LogP contribution is 2.38. The molecule has 3 aliphatic rings. The predicted octanol–water partition coefficient (Wildman–Crippen LogP) is 1.59. The van der Waals surface area contributed by atoms with Crippen molar-refractivity contribution in [2.75, 3.05) is 37.7 Å². The number of aromatic nitrogens is 2. The van der Waals surface area contributed by atoms with Gasteiger partial charge in [0, 0.05) is 19.2 Å². The van der Waals surface area contributed by atoms with Crippen LogP contribution in [-0.4, -0.2) is 79.2 Å². The summed E-state index contributed by atoms with van der Waals surface area (Å²) in [7, 11) is 1.90. The summed E-state index contributed by atoms with van der Waals surface area (Å²) in [6.07, 6.45) is 6.16. The lowest BCUT2D eigenvalue weighted by atomic mass is 10.1. The van der Waals surface area contributed by atoms with E-state index in [0.717, 1.165) is 16.1 Å². The summed E-state index contributed by atoms with van der Waals surface area (Å²) in [6, 6.07) is 9.60. The number of hydrogen-bond donors (Lipinski definition) is 3. The molecule has 2 aromatic rings. The fourth-order valence-electron chi connectivity index (χ4n) is 4.91. The van der Waals surface area contributed by atoms with Gasteiger partial charge in [-0.1, -0.05) is 18.2 Å². The van der Waals surface area contributed by atoms with Gasteiger partial charge in [-0.2, -0.15) is 0 Å². The van der Waals surface area contributed by atoms with Gasteiger partial charge in [0.2, 0.25) is 10.6 Å². The maximum Gasteiger partial charge on any atom is 0.366 e. The van der Waals surface area contributed by atoms with Gasteiger partial charge in [-0.25, -0.2) is 9.97 Å². The number of likely N-dealkylation sites (N-methyl/N-ethyl adjacent to an activating group) is 1. The number of nitrogens with one attached hydrogen (secondary N) is 1. The van der Waals surface area contributed by atoms with E-state index in [9.17, 15) is 14.8 Å². The molecule has 4 heterocycles. The van der Waals surface area contributed by atoms with E-state index in [1.807, 2.05) is 67.6 Å². The molecule has 1 aromatic carbocycles. The van der Waals surface area contributed by atoms with E-state index in [0.29, 0.717) is 19.5 Å². The average molecular weight is 479 g/mol. The first-order valence-corrected chi connectivity index (χ1v) is 11.7. The molecule has 1 fully saturated rings. The summed E-state index contributed by atoms with van der Waals surface area (Å²) < 4.78 is 0.129. The molecule has 1 aromatic heterocycles. The minimum Gasteiger partial charge on any atom is -0.391 e. The molecule has 0 aliphatic carbocycles. The van der Waals surface area contributed by atoms with Crippen molar-refractivity contribution < 1.29 is 19.4 Å². The molecule has 11 heteroatoms. The second kappa shape index (κ2) is 8.75. The zero-order valence-electron chi connectivity index (χ0n) is 19.8. The van der Waals surface area contributed by atoms with E-state index < -0.39 is 18.4 Å². The third-order valence-corrected chi connectivity index (χ3v) is 6.95. The van der Waals surface area contributed by atoms with Gasteiger partial charge in [-0.3, -0.25) is 9.69 Å². The Bertz CT molecular complexity index is 1220. The highest BCUT2D eigenvalue weighted by molar-refractivity contribution is 6.03. The van der Waals surface area contributed by atoms with Crippen LogP contribution >= 0.6 is 0 Å². The van der Waals surface area contributed by atoms with Crippen molar-refractivity contribution in [3.8, 4) is 0 Å². The van der Waals surface area contributed by atoms with Crippen LogP contribution in [0.15, 0.2) is 60.7 Å². The Morgan fingerprint density at radius 3 is 2.80 bits per heavy atom. The van der Waals surface area contributed by atoms with Gasteiger partial charge >= 0.3 is 6.17 Å². The largest absolute Gasteiger partial charge is 0.391 e. The third-order valence-electron chi connectivity index (χ3n) is 6.95. The first kappa shape index (κ1) is 22.9. The second-order valence-corrected chi connectivity index (χ2v) is 9.31. The topological polar surface area (TPSA) is 128 Å².